The zero-order valence-electron chi connectivity index (χ0n) is 11.3. The van der Waals surface area contributed by atoms with Crippen LogP contribution in [0, 0.1) is 0 Å². The van der Waals surface area contributed by atoms with Crippen molar-refractivity contribution in [1.29, 1.82) is 0 Å². The van der Waals surface area contributed by atoms with E-state index in [-0.39, 0.29) is 13.1 Å². The van der Waals surface area contributed by atoms with E-state index < -0.39 is 22.2 Å². The van der Waals surface area contributed by atoms with Crippen LogP contribution in [-0.4, -0.2) is 36.4 Å². The first kappa shape index (κ1) is 16.2. The van der Waals surface area contributed by atoms with E-state index in [9.17, 15) is 13.2 Å². The van der Waals surface area contributed by atoms with Crippen molar-refractivity contribution in [2.45, 2.75) is 31.8 Å². The van der Waals surface area contributed by atoms with E-state index in [4.69, 9.17) is 16.7 Å². The van der Waals surface area contributed by atoms with Gasteiger partial charge in [0.1, 0.15) is 6.04 Å². The van der Waals surface area contributed by atoms with Gasteiger partial charge >= 0.3 is 5.97 Å². The number of hydrogen-bond donors (Lipinski definition) is 2. The largest absolute Gasteiger partial charge is 0.480 e. The van der Waals surface area contributed by atoms with Crippen molar-refractivity contribution in [2.75, 3.05) is 6.54 Å². The molecule has 6 nitrogen and oxygen atoms in total. The van der Waals surface area contributed by atoms with Gasteiger partial charge in [0.2, 0.25) is 0 Å². The SMILES string of the molecule is O=C(O)C1CCCCN1S(=O)(=O)NCc1cccc(Cl)c1. The van der Waals surface area contributed by atoms with Crippen LogP contribution in [0.5, 0.6) is 0 Å². The summed E-state index contributed by atoms with van der Waals surface area (Å²) >= 11 is 5.84. The zero-order chi connectivity index (χ0) is 15.5. The van der Waals surface area contributed by atoms with Crippen molar-refractivity contribution in [3.05, 3.63) is 34.9 Å². The lowest BCUT2D eigenvalue weighted by Gasteiger charge is -2.31. The van der Waals surface area contributed by atoms with Crippen LogP contribution in [0.4, 0.5) is 0 Å². The maximum Gasteiger partial charge on any atom is 0.322 e. The van der Waals surface area contributed by atoms with E-state index in [2.05, 4.69) is 4.72 Å². The Bertz CT molecular complexity index is 620. The Balaban J connectivity index is 2.08. The maximum absolute atomic E-state index is 12.3. The van der Waals surface area contributed by atoms with Gasteiger partial charge < -0.3 is 5.11 Å². The third-order valence-corrected chi connectivity index (χ3v) is 5.19. The van der Waals surface area contributed by atoms with E-state index in [1.165, 1.54) is 0 Å². The monoisotopic (exact) mass is 332 g/mol. The average Bonchev–Trinajstić information content (AvgIpc) is 2.45. The minimum Gasteiger partial charge on any atom is -0.480 e. The normalized spacial score (nSPS) is 20.3. The maximum atomic E-state index is 12.3. The minimum atomic E-state index is -3.83. The highest BCUT2D eigenvalue weighted by atomic mass is 35.5. The van der Waals surface area contributed by atoms with Gasteiger partial charge in [-0.3, -0.25) is 4.79 Å². The first-order valence-corrected chi connectivity index (χ1v) is 8.45. The minimum absolute atomic E-state index is 0.0751. The third kappa shape index (κ3) is 4.16. The van der Waals surface area contributed by atoms with Crippen molar-refractivity contribution in [1.82, 2.24) is 9.03 Å². The summed E-state index contributed by atoms with van der Waals surface area (Å²) in [5.41, 5.74) is 0.718. The molecule has 1 aliphatic heterocycles. The number of nitrogens with zero attached hydrogens (tertiary/aromatic N) is 1. The van der Waals surface area contributed by atoms with Gasteiger partial charge in [0, 0.05) is 18.1 Å². The van der Waals surface area contributed by atoms with Gasteiger partial charge in [0.15, 0.2) is 0 Å². The molecule has 8 heteroatoms. The van der Waals surface area contributed by atoms with Crippen LogP contribution >= 0.6 is 11.6 Å². The van der Waals surface area contributed by atoms with Crippen LogP contribution in [0.1, 0.15) is 24.8 Å². The Morgan fingerprint density at radius 3 is 2.86 bits per heavy atom. The molecule has 0 aliphatic carbocycles. The molecule has 1 unspecified atom stereocenters. The van der Waals surface area contributed by atoms with Crippen molar-refractivity contribution in [3.63, 3.8) is 0 Å². The summed E-state index contributed by atoms with van der Waals surface area (Å²) in [4.78, 5) is 11.2. The van der Waals surface area contributed by atoms with E-state index in [0.29, 0.717) is 17.9 Å². The molecular weight excluding hydrogens is 316 g/mol. The highest BCUT2D eigenvalue weighted by molar-refractivity contribution is 7.87. The molecule has 0 aromatic heterocycles. The fourth-order valence-corrected chi connectivity index (χ4v) is 3.97. The highest BCUT2D eigenvalue weighted by Gasteiger charge is 2.36. The number of rotatable bonds is 5. The van der Waals surface area contributed by atoms with Gasteiger partial charge in [-0.15, -0.1) is 0 Å². The number of aliphatic carboxylic acids is 1. The molecule has 1 aromatic carbocycles. The fourth-order valence-electron chi connectivity index (χ4n) is 2.34. The van der Waals surface area contributed by atoms with Crippen molar-refractivity contribution < 1.29 is 18.3 Å². The van der Waals surface area contributed by atoms with Crippen LogP contribution in [-0.2, 0) is 21.5 Å². The molecule has 0 amide bonds. The van der Waals surface area contributed by atoms with E-state index in [1.807, 2.05) is 0 Å². The standard InChI is InChI=1S/C13H17ClN2O4S/c14-11-5-3-4-10(8-11)9-15-21(19,20)16-7-2-1-6-12(16)13(17)18/h3-5,8,12,15H,1-2,6-7,9H2,(H,17,18). The lowest BCUT2D eigenvalue weighted by atomic mass is 10.1. The van der Waals surface area contributed by atoms with Gasteiger partial charge in [0.05, 0.1) is 0 Å². The molecule has 21 heavy (non-hydrogen) atoms. The summed E-state index contributed by atoms with van der Waals surface area (Å²) in [6.07, 6.45) is 1.73. The molecule has 2 rings (SSSR count). The first-order valence-electron chi connectivity index (χ1n) is 6.64. The van der Waals surface area contributed by atoms with Crippen LogP contribution in [0.2, 0.25) is 5.02 Å². The number of carboxylic acid groups (broad SMARTS) is 1. The lowest BCUT2D eigenvalue weighted by Crippen LogP contribution is -2.51. The van der Waals surface area contributed by atoms with Gasteiger partial charge in [-0.05, 0) is 37.0 Å². The molecule has 1 aromatic rings. The van der Waals surface area contributed by atoms with E-state index >= 15 is 0 Å². The number of benzene rings is 1. The average molecular weight is 333 g/mol. The molecule has 2 N–H and O–H groups in total. The van der Waals surface area contributed by atoms with Gasteiger partial charge in [-0.25, -0.2) is 0 Å². The number of carboxylic acids is 1. The number of carbonyl (C=O) groups is 1. The number of halogens is 1. The molecule has 0 saturated carbocycles. The summed E-state index contributed by atoms with van der Waals surface area (Å²) in [5, 5.41) is 9.66. The van der Waals surface area contributed by atoms with Crippen LogP contribution < -0.4 is 4.72 Å². The second-order valence-electron chi connectivity index (χ2n) is 4.92. The van der Waals surface area contributed by atoms with Crippen molar-refractivity contribution in [2.24, 2.45) is 0 Å². The summed E-state index contributed by atoms with van der Waals surface area (Å²) in [6, 6.07) is 5.85. The predicted molar refractivity (Wildman–Crippen MR) is 79.2 cm³/mol. The number of piperidine rings is 1. The molecule has 1 heterocycles. The second-order valence-corrected chi connectivity index (χ2v) is 7.06. The zero-order valence-corrected chi connectivity index (χ0v) is 12.9. The van der Waals surface area contributed by atoms with E-state index in [0.717, 1.165) is 16.3 Å². The third-order valence-electron chi connectivity index (χ3n) is 3.40. The van der Waals surface area contributed by atoms with Crippen LogP contribution in [0.15, 0.2) is 24.3 Å². The Kier molecular flexibility index (Phi) is 5.21. The quantitative estimate of drug-likeness (QED) is 0.857. The topological polar surface area (TPSA) is 86.7 Å². The second kappa shape index (κ2) is 6.74. The summed E-state index contributed by atoms with van der Waals surface area (Å²) in [7, 11) is -3.83. The van der Waals surface area contributed by atoms with Crippen molar-refractivity contribution >= 4 is 27.8 Å². The Morgan fingerprint density at radius 2 is 2.19 bits per heavy atom. The predicted octanol–water partition coefficient (Wildman–Crippen LogP) is 1.61. The smallest absolute Gasteiger partial charge is 0.322 e. The van der Waals surface area contributed by atoms with Crippen LogP contribution in [0.25, 0.3) is 0 Å². The molecule has 116 valence electrons. The molecule has 0 bridgehead atoms. The lowest BCUT2D eigenvalue weighted by molar-refractivity contribution is -0.142. The Hall–Kier alpha value is -1.15. The molecule has 1 saturated heterocycles. The molecule has 1 atom stereocenters. The molecule has 1 fully saturated rings. The highest BCUT2D eigenvalue weighted by Crippen LogP contribution is 2.20. The van der Waals surface area contributed by atoms with Crippen molar-refractivity contribution in [3.8, 4) is 0 Å². The van der Waals surface area contributed by atoms with Gasteiger partial charge in [-0.1, -0.05) is 23.7 Å². The summed E-state index contributed by atoms with van der Waals surface area (Å²) < 4.78 is 28.0. The Labute approximate surface area is 128 Å². The molecular formula is C13H17ClN2O4S. The first-order chi connectivity index (χ1) is 9.90. The van der Waals surface area contributed by atoms with Gasteiger partial charge in [-0.2, -0.15) is 17.4 Å². The summed E-state index contributed by atoms with van der Waals surface area (Å²) in [5.74, 6) is -1.11. The van der Waals surface area contributed by atoms with Gasteiger partial charge in [0.25, 0.3) is 10.2 Å². The molecule has 1 aliphatic rings. The molecule has 0 spiro atoms. The molecule has 0 radical (unpaired) electrons. The summed E-state index contributed by atoms with van der Waals surface area (Å²) in [6.45, 7) is 0.299. The fraction of sp³-hybridized carbons (Fsp3) is 0.462. The Morgan fingerprint density at radius 1 is 1.43 bits per heavy atom. The van der Waals surface area contributed by atoms with Crippen LogP contribution in [0.3, 0.4) is 0 Å². The van der Waals surface area contributed by atoms with E-state index in [1.54, 1.807) is 24.3 Å². The number of nitrogens with one attached hydrogen (secondary N) is 1. The number of hydrogen-bond acceptors (Lipinski definition) is 3.